The minimum Gasteiger partial charge on any atom is -0.330 e. The van der Waals surface area contributed by atoms with Crippen LogP contribution in [0.2, 0.25) is 0 Å². The molecule has 1 saturated carbocycles. The molecule has 2 nitrogen and oxygen atoms in total. The summed E-state index contributed by atoms with van der Waals surface area (Å²) in [5.41, 5.74) is 7.64. The molecule has 2 heteroatoms. The molecule has 21 heavy (non-hydrogen) atoms. The maximum atomic E-state index is 6.11. The lowest BCUT2D eigenvalue weighted by atomic mass is 9.74. The molecule has 116 valence electrons. The van der Waals surface area contributed by atoms with E-state index in [2.05, 4.69) is 42.2 Å². The van der Waals surface area contributed by atoms with Crippen LogP contribution < -0.4 is 5.73 Å². The SMILES string of the molecule is CCC1CCCN1C1CC(c2ccccc2)CCC1CN. The van der Waals surface area contributed by atoms with Crippen LogP contribution in [0.1, 0.15) is 56.9 Å². The summed E-state index contributed by atoms with van der Waals surface area (Å²) in [6.07, 6.45) is 7.98. The van der Waals surface area contributed by atoms with Gasteiger partial charge in [-0.15, -0.1) is 0 Å². The van der Waals surface area contributed by atoms with Gasteiger partial charge in [-0.3, -0.25) is 4.90 Å². The van der Waals surface area contributed by atoms with Gasteiger partial charge in [0, 0.05) is 12.1 Å². The van der Waals surface area contributed by atoms with Crippen molar-refractivity contribution in [2.75, 3.05) is 13.1 Å². The van der Waals surface area contributed by atoms with Gasteiger partial charge in [0.1, 0.15) is 0 Å². The van der Waals surface area contributed by atoms with Gasteiger partial charge >= 0.3 is 0 Å². The molecule has 2 N–H and O–H groups in total. The third-order valence-electron chi connectivity index (χ3n) is 5.85. The Kier molecular flexibility index (Phi) is 4.97. The Morgan fingerprint density at radius 1 is 1.14 bits per heavy atom. The van der Waals surface area contributed by atoms with Crippen molar-refractivity contribution >= 4 is 0 Å². The van der Waals surface area contributed by atoms with Crippen LogP contribution in [0.15, 0.2) is 30.3 Å². The van der Waals surface area contributed by atoms with Crippen molar-refractivity contribution in [3.63, 3.8) is 0 Å². The Balaban J connectivity index is 1.76. The molecule has 2 fully saturated rings. The predicted molar refractivity (Wildman–Crippen MR) is 89.4 cm³/mol. The van der Waals surface area contributed by atoms with Crippen LogP contribution >= 0.6 is 0 Å². The first kappa shape index (κ1) is 15.1. The second kappa shape index (κ2) is 6.93. The Morgan fingerprint density at radius 2 is 1.95 bits per heavy atom. The van der Waals surface area contributed by atoms with E-state index in [4.69, 9.17) is 5.73 Å². The fourth-order valence-corrected chi connectivity index (χ4v) is 4.65. The Labute approximate surface area is 129 Å². The molecule has 1 saturated heterocycles. The molecule has 3 rings (SSSR count). The number of likely N-dealkylation sites (tertiary alicyclic amines) is 1. The summed E-state index contributed by atoms with van der Waals surface area (Å²) in [5.74, 6) is 1.44. The van der Waals surface area contributed by atoms with Crippen LogP contribution in [0.25, 0.3) is 0 Å². The van der Waals surface area contributed by atoms with Gasteiger partial charge in [-0.1, -0.05) is 37.3 Å². The van der Waals surface area contributed by atoms with Crippen LogP contribution in [-0.4, -0.2) is 30.1 Å². The molecule has 0 amide bonds. The zero-order chi connectivity index (χ0) is 14.7. The Morgan fingerprint density at radius 3 is 2.67 bits per heavy atom. The maximum Gasteiger partial charge on any atom is 0.0144 e. The third-order valence-corrected chi connectivity index (χ3v) is 5.85. The van der Waals surface area contributed by atoms with Crippen molar-refractivity contribution in [1.82, 2.24) is 4.90 Å². The minimum absolute atomic E-state index is 0.706. The topological polar surface area (TPSA) is 29.3 Å². The first-order valence-electron chi connectivity index (χ1n) is 8.84. The summed E-state index contributed by atoms with van der Waals surface area (Å²) >= 11 is 0. The highest BCUT2D eigenvalue weighted by Gasteiger charge is 2.38. The van der Waals surface area contributed by atoms with Crippen molar-refractivity contribution < 1.29 is 0 Å². The average molecular weight is 286 g/mol. The van der Waals surface area contributed by atoms with E-state index in [1.165, 1.54) is 50.6 Å². The van der Waals surface area contributed by atoms with Gasteiger partial charge in [-0.05, 0) is 69.0 Å². The zero-order valence-electron chi connectivity index (χ0n) is 13.4. The number of benzene rings is 1. The van der Waals surface area contributed by atoms with E-state index in [1.54, 1.807) is 0 Å². The number of nitrogens with two attached hydrogens (primary N) is 1. The molecular formula is C19H30N2. The summed E-state index contributed by atoms with van der Waals surface area (Å²) in [7, 11) is 0. The lowest BCUT2D eigenvalue weighted by molar-refractivity contribution is 0.0849. The highest BCUT2D eigenvalue weighted by molar-refractivity contribution is 5.20. The van der Waals surface area contributed by atoms with Crippen molar-refractivity contribution in [3.05, 3.63) is 35.9 Å². The van der Waals surface area contributed by atoms with Gasteiger partial charge in [-0.25, -0.2) is 0 Å². The van der Waals surface area contributed by atoms with Crippen LogP contribution in [-0.2, 0) is 0 Å². The van der Waals surface area contributed by atoms with E-state index in [1.807, 2.05) is 0 Å². The van der Waals surface area contributed by atoms with Gasteiger partial charge in [-0.2, -0.15) is 0 Å². The fourth-order valence-electron chi connectivity index (χ4n) is 4.65. The number of nitrogens with zero attached hydrogens (tertiary/aromatic N) is 1. The van der Waals surface area contributed by atoms with Gasteiger partial charge in [0.15, 0.2) is 0 Å². The summed E-state index contributed by atoms with van der Waals surface area (Å²) in [6.45, 7) is 4.50. The van der Waals surface area contributed by atoms with Crippen molar-refractivity contribution in [1.29, 1.82) is 0 Å². The summed E-state index contributed by atoms with van der Waals surface area (Å²) in [6, 6.07) is 12.6. The lowest BCUT2D eigenvalue weighted by Crippen LogP contribution is -2.48. The van der Waals surface area contributed by atoms with E-state index < -0.39 is 0 Å². The normalized spacial score (nSPS) is 34.2. The van der Waals surface area contributed by atoms with Gasteiger partial charge in [0.2, 0.25) is 0 Å². The van der Waals surface area contributed by atoms with Crippen molar-refractivity contribution in [3.8, 4) is 0 Å². The highest BCUT2D eigenvalue weighted by atomic mass is 15.2. The maximum absolute atomic E-state index is 6.11. The first-order valence-corrected chi connectivity index (χ1v) is 8.84. The van der Waals surface area contributed by atoms with E-state index >= 15 is 0 Å². The molecule has 4 unspecified atom stereocenters. The molecule has 1 aromatic carbocycles. The second-order valence-electron chi connectivity index (χ2n) is 6.93. The molecule has 0 radical (unpaired) electrons. The third kappa shape index (κ3) is 3.17. The van der Waals surface area contributed by atoms with E-state index in [-0.39, 0.29) is 0 Å². The van der Waals surface area contributed by atoms with Gasteiger partial charge in [0.05, 0.1) is 0 Å². The molecule has 1 heterocycles. The van der Waals surface area contributed by atoms with E-state index in [9.17, 15) is 0 Å². The van der Waals surface area contributed by atoms with Gasteiger partial charge in [0.25, 0.3) is 0 Å². The molecule has 2 aliphatic rings. The monoisotopic (exact) mass is 286 g/mol. The molecule has 0 spiro atoms. The number of hydrogen-bond donors (Lipinski definition) is 1. The number of rotatable bonds is 4. The minimum atomic E-state index is 0.706. The van der Waals surface area contributed by atoms with Crippen LogP contribution in [0.3, 0.4) is 0 Å². The predicted octanol–water partition coefficient (Wildman–Crippen LogP) is 3.77. The Bertz CT molecular complexity index is 430. The van der Waals surface area contributed by atoms with Crippen LogP contribution in [0.4, 0.5) is 0 Å². The molecule has 1 aromatic rings. The quantitative estimate of drug-likeness (QED) is 0.913. The molecule has 1 aliphatic heterocycles. The van der Waals surface area contributed by atoms with Crippen molar-refractivity contribution in [2.24, 2.45) is 11.7 Å². The molecule has 4 atom stereocenters. The van der Waals surface area contributed by atoms with E-state index in [0.29, 0.717) is 12.0 Å². The van der Waals surface area contributed by atoms with Gasteiger partial charge < -0.3 is 5.73 Å². The molecular weight excluding hydrogens is 256 g/mol. The zero-order valence-corrected chi connectivity index (χ0v) is 13.4. The highest BCUT2D eigenvalue weighted by Crippen LogP contribution is 2.40. The largest absolute Gasteiger partial charge is 0.330 e. The summed E-state index contributed by atoms with van der Waals surface area (Å²) < 4.78 is 0. The van der Waals surface area contributed by atoms with Crippen LogP contribution in [0.5, 0.6) is 0 Å². The summed E-state index contributed by atoms with van der Waals surface area (Å²) in [4.78, 5) is 2.81. The smallest absolute Gasteiger partial charge is 0.0144 e. The average Bonchev–Trinajstić information content (AvgIpc) is 3.03. The fraction of sp³-hybridized carbons (Fsp3) is 0.684. The molecule has 0 bridgehead atoms. The first-order chi connectivity index (χ1) is 10.3. The van der Waals surface area contributed by atoms with Crippen LogP contribution in [0, 0.1) is 5.92 Å². The Hall–Kier alpha value is -0.860. The number of hydrogen-bond acceptors (Lipinski definition) is 2. The van der Waals surface area contributed by atoms with Crippen molar-refractivity contribution in [2.45, 2.75) is 63.5 Å². The standard InChI is InChI=1S/C19H30N2/c1-2-18-9-6-12-21(18)19-13-16(10-11-17(19)14-20)15-7-4-3-5-8-15/h3-5,7-8,16-19H,2,6,9-14,20H2,1H3. The second-order valence-corrected chi connectivity index (χ2v) is 6.93. The molecule has 1 aliphatic carbocycles. The lowest BCUT2D eigenvalue weighted by Gasteiger charge is -2.43. The van der Waals surface area contributed by atoms with E-state index in [0.717, 1.165) is 18.5 Å². The molecule has 0 aromatic heterocycles. The summed E-state index contributed by atoms with van der Waals surface area (Å²) in [5, 5.41) is 0.